The minimum absolute atomic E-state index is 0.282. The number of carbonyl (C=O) groups excluding carboxylic acids is 1. The molecule has 0 radical (unpaired) electrons. The van der Waals surface area contributed by atoms with Crippen LogP contribution in [0.3, 0.4) is 0 Å². The molecule has 1 amide bonds. The van der Waals surface area contributed by atoms with Crippen LogP contribution in [0.15, 0.2) is 0 Å². The van der Waals surface area contributed by atoms with Gasteiger partial charge in [-0.2, -0.15) is 0 Å². The number of likely N-dealkylation sites (tertiary alicyclic amines) is 1. The molecule has 2 heterocycles. The maximum Gasteiger partial charge on any atom is 0.236 e. The predicted molar refractivity (Wildman–Crippen MR) is 53.1 cm³/mol. The van der Waals surface area contributed by atoms with Crippen molar-refractivity contribution in [3.05, 3.63) is 0 Å². The van der Waals surface area contributed by atoms with Crippen LogP contribution in [-0.2, 0) is 9.53 Å². The van der Waals surface area contributed by atoms with E-state index in [1.165, 1.54) is 6.42 Å². The van der Waals surface area contributed by atoms with Crippen LogP contribution in [0.1, 0.15) is 13.3 Å². The largest absolute Gasteiger partial charge is 0.379 e. The highest BCUT2D eigenvalue weighted by atomic mass is 16.5. The second-order valence-corrected chi connectivity index (χ2v) is 4.13. The fourth-order valence-corrected chi connectivity index (χ4v) is 1.84. The van der Waals surface area contributed by atoms with E-state index in [0.29, 0.717) is 12.6 Å². The van der Waals surface area contributed by atoms with Crippen LogP contribution in [0, 0.1) is 0 Å². The van der Waals surface area contributed by atoms with E-state index in [0.717, 1.165) is 32.8 Å². The molecule has 2 saturated heterocycles. The molecule has 0 aromatic rings. The number of carbonyl (C=O) groups is 1. The van der Waals surface area contributed by atoms with Crippen molar-refractivity contribution in [1.82, 2.24) is 9.80 Å². The van der Waals surface area contributed by atoms with Crippen LogP contribution in [0.25, 0.3) is 0 Å². The van der Waals surface area contributed by atoms with Gasteiger partial charge in [-0.05, 0) is 13.3 Å². The number of hydrogen-bond donors (Lipinski definition) is 0. The lowest BCUT2D eigenvalue weighted by molar-refractivity contribution is -0.138. The van der Waals surface area contributed by atoms with Crippen molar-refractivity contribution in [3.8, 4) is 0 Å². The molecular weight excluding hydrogens is 180 g/mol. The van der Waals surface area contributed by atoms with Gasteiger partial charge in [0.05, 0.1) is 19.8 Å². The molecule has 0 aromatic carbocycles. The van der Waals surface area contributed by atoms with Crippen LogP contribution >= 0.6 is 0 Å². The molecule has 2 rings (SSSR count). The minimum Gasteiger partial charge on any atom is -0.379 e. The Morgan fingerprint density at radius 3 is 2.79 bits per heavy atom. The first kappa shape index (κ1) is 9.93. The van der Waals surface area contributed by atoms with Gasteiger partial charge in [0.1, 0.15) is 0 Å². The summed E-state index contributed by atoms with van der Waals surface area (Å²) in [5, 5.41) is 0. The molecular formula is C10H18N2O2. The number of ether oxygens (including phenoxy) is 1. The smallest absolute Gasteiger partial charge is 0.236 e. The zero-order chi connectivity index (χ0) is 9.97. The first-order valence-electron chi connectivity index (χ1n) is 5.37. The predicted octanol–water partition coefficient (Wildman–Crippen LogP) is -0.0606. The average molecular weight is 198 g/mol. The van der Waals surface area contributed by atoms with Crippen molar-refractivity contribution < 1.29 is 9.53 Å². The molecule has 0 spiro atoms. The number of morpholine rings is 1. The summed E-state index contributed by atoms with van der Waals surface area (Å²) in [6.45, 7) is 7.01. The van der Waals surface area contributed by atoms with Crippen molar-refractivity contribution in [2.24, 2.45) is 0 Å². The molecule has 2 aliphatic heterocycles. The van der Waals surface area contributed by atoms with Crippen LogP contribution < -0.4 is 0 Å². The van der Waals surface area contributed by atoms with Gasteiger partial charge in [-0.1, -0.05) is 0 Å². The highest BCUT2D eigenvalue weighted by Crippen LogP contribution is 2.10. The van der Waals surface area contributed by atoms with Crippen molar-refractivity contribution in [2.75, 3.05) is 39.4 Å². The molecule has 4 nitrogen and oxygen atoms in total. The van der Waals surface area contributed by atoms with Gasteiger partial charge in [0.15, 0.2) is 0 Å². The minimum atomic E-state index is 0.282. The zero-order valence-electron chi connectivity index (χ0n) is 8.74. The summed E-state index contributed by atoms with van der Waals surface area (Å²) in [6, 6.07) is 0.383. The molecule has 80 valence electrons. The van der Waals surface area contributed by atoms with Crippen molar-refractivity contribution in [3.63, 3.8) is 0 Å². The second kappa shape index (κ2) is 4.28. The van der Waals surface area contributed by atoms with Gasteiger partial charge in [0.2, 0.25) is 5.91 Å². The van der Waals surface area contributed by atoms with E-state index in [-0.39, 0.29) is 5.91 Å². The lowest BCUT2D eigenvalue weighted by Crippen LogP contribution is -2.52. The third kappa shape index (κ3) is 2.07. The molecule has 0 bridgehead atoms. The molecule has 2 fully saturated rings. The van der Waals surface area contributed by atoms with Crippen LogP contribution in [-0.4, -0.2) is 61.1 Å². The van der Waals surface area contributed by atoms with E-state index in [1.54, 1.807) is 0 Å². The highest BCUT2D eigenvalue weighted by molar-refractivity contribution is 5.79. The van der Waals surface area contributed by atoms with Crippen LogP contribution in [0.5, 0.6) is 0 Å². The number of amides is 1. The first-order valence-corrected chi connectivity index (χ1v) is 5.37. The summed E-state index contributed by atoms with van der Waals surface area (Å²) >= 11 is 0. The molecule has 1 atom stereocenters. The second-order valence-electron chi connectivity index (χ2n) is 4.13. The van der Waals surface area contributed by atoms with Gasteiger partial charge >= 0.3 is 0 Å². The lowest BCUT2D eigenvalue weighted by atomic mass is 10.2. The molecule has 0 aliphatic carbocycles. The van der Waals surface area contributed by atoms with Crippen molar-refractivity contribution in [2.45, 2.75) is 19.4 Å². The quantitative estimate of drug-likeness (QED) is 0.623. The highest BCUT2D eigenvalue weighted by Gasteiger charge is 2.25. The summed E-state index contributed by atoms with van der Waals surface area (Å²) in [5.41, 5.74) is 0. The molecule has 0 aromatic heterocycles. The number of hydrogen-bond acceptors (Lipinski definition) is 3. The Morgan fingerprint density at radius 1 is 1.43 bits per heavy atom. The molecule has 14 heavy (non-hydrogen) atoms. The van der Waals surface area contributed by atoms with Crippen LogP contribution in [0.2, 0.25) is 0 Å². The third-order valence-electron chi connectivity index (χ3n) is 3.05. The number of rotatable bonds is 2. The Bertz CT molecular complexity index is 216. The van der Waals surface area contributed by atoms with Crippen molar-refractivity contribution >= 4 is 5.91 Å². The van der Waals surface area contributed by atoms with Gasteiger partial charge in [0.25, 0.3) is 0 Å². The van der Waals surface area contributed by atoms with Gasteiger partial charge in [-0.25, -0.2) is 0 Å². The molecule has 4 heteroatoms. The van der Waals surface area contributed by atoms with Gasteiger partial charge in [-0.15, -0.1) is 0 Å². The first-order chi connectivity index (χ1) is 6.77. The molecule has 0 saturated carbocycles. The van der Waals surface area contributed by atoms with Crippen molar-refractivity contribution in [1.29, 1.82) is 0 Å². The molecule has 2 aliphatic rings. The van der Waals surface area contributed by atoms with Crippen LogP contribution in [0.4, 0.5) is 0 Å². The summed E-state index contributed by atoms with van der Waals surface area (Å²) in [6.07, 6.45) is 1.17. The van der Waals surface area contributed by atoms with E-state index in [2.05, 4.69) is 11.8 Å². The van der Waals surface area contributed by atoms with E-state index in [1.807, 2.05) is 4.90 Å². The van der Waals surface area contributed by atoms with Gasteiger partial charge in [-0.3, -0.25) is 9.69 Å². The van der Waals surface area contributed by atoms with E-state index in [9.17, 15) is 4.79 Å². The number of nitrogens with zero attached hydrogens (tertiary/aromatic N) is 2. The topological polar surface area (TPSA) is 32.8 Å². The Balaban J connectivity index is 1.79. The standard InChI is InChI=1S/C10H18N2O2/c1-9-8-14-6-5-12(9)7-10(13)11-3-2-4-11/h9H,2-8H2,1H3. The SMILES string of the molecule is CC1COCCN1CC(=O)N1CCC1. The Labute approximate surface area is 84.8 Å². The van der Waals surface area contributed by atoms with Gasteiger partial charge < -0.3 is 9.64 Å². The molecule has 0 N–H and O–H groups in total. The van der Waals surface area contributed by atoms with E-state index < -0.39 is 0 Å². The fourth-order valence-electron chi connectivity index (χ4n) is 1.84. The Morgan fingerprint density at radius 2 is 2.21 bits per heavy atom. The lowest BCUT2D eigenvalue weighted by Gasteiger charge is -2.37. The summed E-state index contributed by atoms with van der Waals surface area (Å²) in [5.74, 6) is 0.282. The monoisotopic (exact) mass is 198 g/mol. The Hall–Kier alpha value is -0.610. The maximum atomic E-state index is 11.7. The summed E-state index contributed by atoms with van der Waals surface area (Å²) in [4.78, 5) is 15.8. The normalized spacial score (nSPS) is 28.6. The fraction of sp³-hybridized carbons (Fsp3) is 0.900. The van der Waals surface area contributed by atoms with Gasteiger partial charge in [0, 0.05) is 25.7 Å². The van der Waals surface area contributed by atoms with E-state index in [4.69, 9.17) is 4.74 Å². The maximum absolute atomic E-state index is 11.7. The summed E-state index contributed by atoms with van der Waals surface area (Å²) in [7, 11) is 0. The zero-order valence-corrected chi connectivity index (χ0v) is 8.74. The third-order valence-corrected chi connectivity index (χ3v) is 3.05. The van der Waals surface area contributed by atoms with E-state index >= 15 is 0 Å². The summed E-state index contributed by atoms with van der Waals surface area (Å²) < 4.78 is 5.33. The average Bonchev–Trinajstić information content (AvgIpc) is 2.05. The molecule has 1 unspecified atom stereocenters. The Kier molecular flexibility index (Phi) is 3.03.